The Bertz CT molecular complexity index is 1170. The maximum atomic E-state index is 12.4. The summed E-state index contributed by atoms with van der Waals surface area (Å²) < 4.78 is 7.81. The Balaban J connectivity index is 1.61. The number of aromatic nitrogens is 2. The van der Waals surface area contributed by atoms with Crippen molar-refractivity contribution < 1.29 is 4.79 Å². The van der Waals surface area contributed by atoms with Gasteiger partial charge in [-0.1, -0.05) is 15.9 Å². The molecule has 4 rings (SSSR count). The number of nitrogens with one attached hydrogen (secondary N) is 1. The molecule has 25 heavy (non-hydrogen) atoms. The van der Waals surface area contributed by atoms with Crippen molar-refractivity contribution in [3.05, 3.63) is 69.6 Å². The minimum absolute atomic E-state index is 0.0663. The number of anilines is 1. The normalized spacial score (nSPS) is 11.1. The number of nitrogens with zero attached hydrogens (tertiary/aromatic N) is 2. The van der Waals surface area contributed by atoms with Crippen molar-refractivity contribution in [2.75, 3.05) is 5.32 Å². The van der Waals surface area contributed by atoms with Gasteiger partial charge in [-0.2, -0.15) is 4.37 Å². The van der Waals surface area contributed by atoms with Crippen LogP contribution in [0.1, 0.15) is 0 Å². The molecule has 0 aliphatic heterocycles. The second kappa shape index (κ2) is 6.42. The standard InChI is InChI=1S/C18H12BrN3O2S/c19-12-1-3-15-14(8-12)16(23)5-6-22(15)10-18(24)21-13-2-4-17-11(7-13)9-20-25-17/h1-9H,10H2,(H,21,24). The van der Waals surface area contributed by atoms with Gasteiger partial charge >= 0.3 is 0 Å². The molecule has 2 heterocycles. The van der Waals surface area contributed by atoms with Crippen LogP contribution < -0.4 is 10.7 Å². The second-order valence-corrected chi connectivity index (χ2v) is 7.34. The minimum Gasteiger partial charge on any atom is -0.338 e. The van der Waals surface area contributed by atoms with Gasteiger partial charge < -0.3 is 9.88 Å². The Morgan fingerprint density at radius 1 is 1.20 bits per heavy atom. The van der Waals surface area contributed by atoms with Crippen LogP contribution in [0.25, 0.3) is 21.0 Å². The first-order chi connectivity index (χ1) is 12.1. The molecular weight excluding hydrogens is 402 g/mol. The Hall–Kier alpha value is -2.51. The number of benzene rings is 2. The predicted molar refractivity (Wildman–Crippen MR) is 104 cm³/mol. The van der Waals surface area contributed by atoms with Gasteiger partial charge in [0.05, 0.1) is 10.2 Å². The van der Waals surface area contributed by atoms with Gasteiger partial charge in [-0.05, 0) is 47.9 Å². The molecule has 124 valence electrons. The van der Waals surface area contributed by atoms with Gasteiger partial charge in [-0.3, -0.25) is 9.59 Å². The zero-order valence-corrected chi connectivity index (χ0v) is 15.3. The summed E-state index contributed by atoms with van der Waals surface area (Å²) >= 11 is 4.79. The highest BCUT2D eigenvalue weighted by Crippen LogP contribution is 2.22. The van der Waals surface area contributed by atoms with Gasteiger partial charge in [-0.15, -0.1) is 0 Å². The highest BCUT2D eigenvalue weighted by molar-refractivity contribution is 9.10. The molecule has 0 aliphatic carbocycles. The number of carbonyl (C=O) groups excluding carboxylic acids is 1. The molecule has 2 aromatic carbocycles. The predicted octanol–water partition coefficient (Wildman–Crippen LogP) is 4.01. The van der Waals surface area contributed by atoms with Crippen LogP contribution in [0.4, 0.5) is 5.69 Å². The summed E-state index contributed by atoms with van der Waals surface area (Å²) in [5.74, 6) is -0.157. The van der Waals surface area contributed by atoms with E-state index in [1.807, 2.05) is 30.3 Å². The molecule has 0 bridgehead atoms. The van der Waals surface area contributed by atoms with Crippen LogP contribution >= 0.6 is 27.5 Å². The third-order valence-electron chi connectivity index (χ3n) is 3.89. The van der Waals surface area contributed by atoms with E-state index < -0.39 is 0 Å². The fraction of sp³-hybridized carbons (Fsp3) is 0.0556. The summed E-state index contributed by atoms with van der Waals surface area (Å²) in [6.45, 7) is 0.123. The molecule has 0 unspecified atom stereocenters. The quantitative estimate of drug-likeness (QED) is 0.551. The van der Waals surface area contributed by atoms with Crippen LogP contribution in [-0.2, 0) is 11.3 Å². The Labute approximate surface area is 155 Å². The molecule has 0 saturated heterocycles. The zero-order chi connectivity index (χ0) is 17.4. The van der Waals surface area contributed by atoms with Crippen LogP contribution in [0.5, 0.6) is 0 Å². The largest absolute Gasteiger partial charge is 0.338 e. The van der Waals surface area contributed by atoms with E-state index in [2.05, 4.69) is 25.6 Å². The number of hydrogen-bond acceptors (Lipinski definition) is 4. The van der Waals surface area contributed by atoms with E-state index in [9.17, 15) is 9.59 Å². The molecule has 0 saturated carbocycles. The van der Waals surface area contributed by atoms with Crippen molar-refractivity contribution in [3.63, 3.8) is 0 Å². The van der Waals surface area contributed by atoms with Crippen molar-refractivity contribution in [2.45, 2.75) is 6.54 Å². The van der Waals surface area contributed by atoms with Gasteiger partial charge in [0.15, 0.2) is 5.43 Å². The summed E-state index contributed by atoms with van der Waals surface area (Å²) in [5.41, 5.74) is 1.39. The fourth-order valence-corrected chi connectivity index (χ4v) is 3.71. The Morgan fingerprint density at radius 2 is 2.08 bits per heavy atom. The molecule has 1 N–H and O–H groups in total. The summed E-state index contributed by atoms with van der Waals surface area (Å²) in [5, 5.41) is 4.47. The molecule has 0 atom stereocenters. The smallest absolute Gasteiger partial charge is 0.244 e. The molecule has 2 aromatic heterocycles. The maximum Gasteiger partial charge on any atom is 0.244 e. The van der Waals surface area contributed by atoms with Crippen molar-refractivity contribution >= 4 is 60.0 Å². The van der Waals surface area contributed by atoms with Crippen molar-refractivity contribution in [3.8, 4) is 0 Å². The van der Waals surface area contributed by atoms with Gasteiger partial charge in [0, 0.05) is 39.4 Å². The number of amides is 1. The third-order valence-corrected chi connectivity index (χ3v) is 5.16. The summed E-state index contributed by atoms with van der Waals surface area (Å²) in [4.78, 5) is 24.4. The second-order valence-electron chi connectivity index (χ2n) is 5.60. The highest BCUT2D eigenvalue weighted by Gasteiger charge is 2.08. The van der Waals surface area contributed by atoms with Crippen LogP contribution in [0, 0.1) is 0 Å². The van der Waals surface area contributed by atoms with Gasteiger partial charge in [-0.25, -0.2) is 0 Å². The van der Waals surface area contributed by atoms with Crippen LogP contribution in [-0.4, -0.2) is 14.8 Å². The van der Waals surface area contributed by atoms with E-state index in [-0.39, 0.29) is 17.9 Å². The first-order valence-corrected chi connectivity index (χ1v) is 9.10. The molecular formula is C18H12BrN3O2S. The Morgan fingerprint density at radius 3 is 2.96 bits per heavy atom. The first-order valence-electron chi connectivity index (χ1n) is 7.53. The van der Waals surface area contributed by atoms with E-state index in [1.54, 1.807) is 23.0 Å². The molecule has 7 heteroatoms. The average molecular weight is 414 g/mol. The number of hydrogen-bond donors (Lipinski definition) is 1. The van der Waals surface area contributed by atoms with E-state index in [0.29, 0.717) is 5.39 Å². The van der Waals surface area contributed by atoms with E-state index in [4.69, 9.17) is 0 Å². The topological polar surface area (TPSA) is 64.0 Å². The fourth-order valence-electron chi connectivity index (χ4n) is 2.73. The van der Waals surface area contributed by atoms with Gasteiger partial charge in [0.25, 0.3) is 0 Å². The monoisotopic (exact) mass is 413 g/mol. The van der Waals surface area contributed by atoms with Crippen LogP contribution in [0.3, 0.4) is 0 Å². The lowest BCUT2D eigenvalue weighted by Crippen LogP contribution is -2.20. The minimum atomic E-state index is -0.157. The number of halogens is 1. The van der Waals surface area contributed by atoms with Crippen LogP contribution in [0.2, 0.25) is 0 Å². The molecule has 1 amide bonds. The number of rotatable bonds is 3. The number of carbonyl (C=O) groups is 1. The molecule has 0 spiro atoms. The van der Waals surface area contributed by atoms with E-state index in [0.717, 1.165) is 25.8 Å². The van der Waals surface area contributed by atoms with Gasteiger partial charge in [0.1, 0.15) is 6.54 Å². The third kappa shape index (κ3) is 3.20. The van der Waals surface area contributed by atoms with Crippen molar-refractivity contribution in [1.29, 1.82) is 0 Å². The number of fused-ring (bicyclic) bond motifs is 2. The summed E-state index contributed by atoms with van der Waals surface area (Å²) in [6, 6.07) is 12.6. The van der Waals surface area contributed by atoms with E-state index >= 15 is 0 Å². The molecule has 0 aliphatic rings. The van der Waals surface area contributed by atoms with Gasteiger partial charge in [0.2, 0.25) is 5.91 Å². The van der Waals surface area contributed by atoms with Crippen molar-refractivity contribution in [1.82, 2.24) is 8.94 Å². The lowest BCUT2D eigenvalue weighted by atomic mass is 10.2. The SMILES string of the molecule is O=C(Cn1ccc(=O)c2cc(Br)ccc21)Nc1ccc2sncc2c1. The molecule has 5 nitrogen and oxygen atoms in total. The lowest BCUT2D eigenvalue weighted by molar-refractivity contribution is -0.116. The van der Waals surface area contributed by atoms with Crippen molar-refractivity contribution in [2.24, 2.45) is 0 Å². The Kier molecular flexibility index (Phi) is 4.10. The molecule has 0 radical (unpaired) electrons. The first kappa shape index (κ1) is 16.0. The molecule has 0 fully saturated rings. The highest BCUT2D eigenvalue weighted by atomic mass is 79.9. The maximum absolute atomic E-state index is 12.4. The lowest BCUT2D eigenvalue weighted by Gasteiger charge is -2.11. The molecule has 4 aromatic rings. The summed E-state index contributed by atoms with van der Waals surface area (Å²) in [6.07, 6.45) is 3.42. The number of pyridine rings is 1. The van der Waals surface area contributed by atoms with Crippen LogP contribution in [0.15, 0.2) is 64.1 Å². The summed E-state index contributed by atoms with van der Waals surface area (Å²) in [7, 11) is 0. The zero-order valence-electron chi connectivity index (χ0n) is 12.9. The van der Waals surface area contributed by atoms with E-state index in [1.165, 1.54) is 17.6 Å². The average Bonchev–Trinajstić information content (AvgIpc) is 3.05.